The summed E-state index contributed by atoms with van der Waals surface area (Å²) in [6.07, 6.45) is -1.11. The summed E-state index contributed by atoms with van der Waals surface area (Å²) in [6.45, 7) is 0.123. The summed E-state index contributed by atoms with van der Waals surface area (Å²) >= 11 is 0. The molecule has 0 bridgehead atoms. The summed E-state index contributed by atoms with van der Waals surface area (Å²) in [6, 6.07) is 0. The Morgan fingerprint density at radius 3 is 1.20 bits per heavy atom. The number of aliphatic hydroxyl groups excluding tert-OH is 6. The molecule has 0 unspecified atom stereocenters. The lowest BCUT2D eigenvalue weighted by Gasteiger charge is -2.42. The van der Waals surface area contributed by atoms with Crippen molar-refractivity contribution in [2.45, 2.75) is 165 Å². The van der Waals surface area contributed by atoms with E-state index in [0.717, 1.165) is 25.7 Å². The zero-order chi connectivity index (χ0) is 38.0. The van der Waals surface area contributed by atoms with Crippen LogP contribution in [0.1, 0.15) is 103 Å². The summed E-state index contributed by atoms with van der Waals surface area (Å²) in [7, 11) is -10.3. The van der Waals surface area contributed by atoms with Crippen LogP contribution >= 0.6 is 0 Å². The predicted octanol–water partition coefficient (Wildman–Crippen LogP) is 0.761. The van der Waals surface area contributed by atoms with Crippen LogP contribution in [0.15, 0.2) is 0 Å². The Kier molecular flexibility index (Phi) is 21.9. The van der Waals surface area contributed by atoms with Crippen molar-refractivity contribution in [2.75, 3.05) is 26.4 Å². The van der Waals surface area contributed by atoms with Gasteiger partial charge in [0.2, 0.25) is 0 Å². The number of hydrogen-bond acceptors (Lipinski definition) is 16. The third-order valence-corrected chi connectivity index (χ3v) is 10.00. The molecule has 2 aliphatic rings. The van der Waals surface area contributed by atoms with Crippen LogP contribution < -0.4 is 0 Å². The van der Waals surface area contributed by atoms with E-state index in [-0.39, 0.29) is 13.2 Å². The summed E-state index contributed by atoms with van der Waals surface area (Å²) in [5, 5.41) is 61.2. The smallest absolute Gasteiger partial charge is 0.394 e. The molecule has 2 fully saturated rings. The lowest BCUT2D eigenvalue weighted by atomic mass is 9.98. The fourth-order valence-electron chi connectivity index (χ4n) is 6.19. The summed E-state index contributed by atoms with van der Waals surface area (Å²) < 4.78 is 94.6. The number of unbranched alkanes of at least 4 members (excludes halogenated alkanes) is 13. The van der Waals surface area contributed by atoms with Crippen LogP contribution in [0.2, 0.25) is 0 Å². The maximum Gasteiger partial charge on any atom is 0.397 e. The molecule has 0 aliphatic carbocycles. The number of aliphatic hydroxyl groups is 6. The van der Waals surface area contributed by atoms with Crippen molar-refractivity contribution < 1.29 is 83.9 Å². The first-order valence-corrected chi connectivity index (χ1v) is 20.6. The standard InChI is InChI=1S/C31H60O18S2/c1-2-3-4-5-6-7-8-9-10-11-12-13-14-15-16-21(19-44-30-26(36)28(48-50(38,39)40)24(34)22(17-32)46-30)20-45-31-27(37)29(49-51(41,42)43)25(35)23(18-33)47-31/h21-37H,2-20H2,1H3,(H,38,39,40)(H,41,42,43)/t22-,23-,24+,25+,26-,27-,28+,29+,30-,31-/m1/s1. The molecule has 0 aromatic carbocycles. The highest BCUT2D eigenvalue weighted by Crippen LogP contribution is 2.29. The molecule has 2 heterocycles. The van der Waals surface area contributed by atoms with Gasteiger partial charge >= 0.3 is 20.8 Å². The summed E-state index contributed by atoms with van der Waals surface area (Å²) in [4.78, 5) is 0. The molecule has 10 atom stereocenters. The van der Waals surface area contributed by atoms with Gasteiger partial charge in [0.05, 0.1) is 26.4 Å². The Labute approximate surface area is 301 Å². The van der Waals surface area contributed by atoms with Crippen LogP contribution in [0, 0.1) is 5.92 Å². The molecule has 0 amide bonds. The maximum atomic E-state index is 11.3. The molecule has 20 heteroatoms. The number of rotatable bonds is 27. The Bertz CT molecular complexity index is 1070. The normalized spacial score (nSPS) is 30.6. The monoisotopic (exact) mass is 784 g/mol. The predicted molar refractivity (Wildman–Crippen MR) is 179 cm³/mol. The minimum Gasteiger partial charge on any atom is -0.394 e. The zero-order valence-corrected chi connectivity index (χ0v) is 30.9. The maximum absolute atomic E-state index is 11.3. The van der Waals surface area contributed by atoms with Gasteiger partial charge in [0.25, 0.3) is 0 Å². The van der Waals surface area contributed by atoms with Gasteiger partial charge in [0, 0.05) is 5.92 Å². The van der Waals surface area contributed by atoms with Crippen molar-refractivity contribution in [1.29, 1.82) is 0 Å². The van der Waals surface area contributed by atoms with Crippen LogP contribution in [0.4, 0.5) is 0 Å². The number of ether oxygens (including phenoxy) is 4. The highest BCUT2D eigenvalue weighted by atomic mass is 32.3. The molecule has 2 aliphatic heterocycles. The third kappa shape index (κ3) is 17.6. The van der Waals surface area contributed by atoms with E-state index in [1.165, 1.54) is 57.8 Å². The van der Waals surface area contributed by atoms with Crippen molar-refractivity contribution in [3.05, 3.63) is 0 Å². The van der Waals surface area contributed by atoms with Gasteiger partial charge in [-0.2, -0.15) is 16.8 Å². The van der Waals surface area contributed by atoms with Crippen molar-refractivity contribution >= 4 is 20.8 Å². The van der Waals surface area contributed by atoms with Gasteiger partial charge in [-0.05, 0) is 6.42 Å². The van der Waals surface area contributed by atoms with Crippen molar-refractivity contribution in [1.82, 2.24) is 0 Å². The largest absolute Gasteiger partial charge is 0.397 e. The van der Waals surface area contributed by atoms with E-state index >= 15 is 0 Å². The molecule has 0 aromatic rings. The van der Waals surface area contributed by atoms with Crippen LogP contribution in [0.5, 0.6) is 0 Å². The van der Waals surface area contributed by atoms with Crippen LogP contribution in [0.25, 0.3) is 0 Å². The van der Waals surface area contributed by atoms with Crippen molar-refractivity contribution in [3.8, 4) is 0 Å². The molecular formula is C31H60O18S2. The van der Waals surface area contributed by atoms with Crippen molar-refractivity contribution in [3.63, 3.8) is 0 Å². The van der Waals surface area contributed by atoms with Gasteiger partial charge in [0.15, 0.2) is 12.6 Å². The average Bonchev–Trinajstić information content (AvgIpc) is 3.06. The van der Waals surface area contributed by atoms with Gasteiger partial charge in [0.1, 0.15) is 48.8 Å². The zero-order valence-electron chi connectivity index (χ0n) is 29.3. The van der Waals surface area contributed by atoms with Crippen LogP contribution in [-0.2, 0) is 48.1 Å². The first kappa shape index (κ1) is 46.5. The quantitative estimate of drug-likeness (QED) is 0.0421. The molecule has 18 nitrogen and oxygen atoms in total. The fraction of sp³-hybridized carbons (Fsp3) is 1.00. The van der Waals surface area contributed by atoms with E-state index in [4.69, 9.17) is 28.1 Å². The molecule has 51 heavy (non-hydrogen) atoms. The van der Waals surface area contributed by atoms with E-state index in [1.807, 2.05) is 0 Å². The first-order chi connectivity index (χ1) is 24.1. The van der Waals surface area contributed by atoms with E-state index in [0.29, 0.717) is 12.8 Å². The topological polar surface area (TPSA) is 285 Å². The van der Waals surface area contributed by atoms with E-state index in [1.54, 1.807) is 0 Å². The van der Waals surface area contributed by atoms with Gasteiger partial charge in [-0.25, -0.2) is 8.37 Å². The minimum absolute atomic E-state index is 0.229. The first-order valence-electron chi connectivity index (χ1n) is 17.9. The van der Waals surface area contributed by atoms with E-state index < -0.39 is 101 Å². The van der Waals surface area contributed by atoms with Gasteiger partial charge in [-0.15, -0.1) is 0 Å². The molecular weight excluding hydrogens is 724 g/mol. The SMILES string of the molecule is CCCCCCCCCCCCCCCCC(CO[C@@H]1O[C@H](CO)[C@H](O)[C@H](OS(=O)(=O)O)[C@H]1O)CO[C@@H]1O[C@H](CO)[C@H](O)[C@H](OS(=O)(=O)O)[C@H]1O. The van der Waals surface area contributed by atoms with Crippen LogP contribution in [0.3, 0.4) is 0 Å². The molecule has 2 saturated heterocycles. The molecule has 304 valence electrons. The highest BCUT2D eigenvalue weighted by Gasteiger charge is 2.49. The fourth-order valence-corrected chi connectivity index (χ4v) is 7.21. The highest BCUT2D eigenvalue weighted by molar-refractivity contribution is 7.81. The second kappa shape index (κ2) is 24.0. The summed E-state index contributed by atoms with van der Waals surface area (Å²) in [5.41, 5.74) is 0. The molecule has 8 N–H and O–H groups in total. The molecule has 0 saturated carbocycles. The van der Waals surface area contributed by atoms with Gasteiger partial charge in [-0.3, -0.25) is 9.11 Å². The Balaban J connectivity index is 1.98. The van der Waals surface area contributed by atoms with Gasteiger partial charge < -0.3 is 49.6 Å². The second-order valence-electron chi connectivity index (χ2n) is 13.3. The van der Waals surface area contributed by atoms with E-state index in [2.05, 4.69) is 15.3 Å². The molecule has 0 spiro atoms. The Morgan fingerprint density at radius 2 is 0.882 bits per heavy atom. The Hall–Kier alpha value is -0.660. The third-order valence-electron chi connectivity index (χ3n) is 9.07. The summed E-state index contributed by atoms with van der Waals surface area (Å²) in [5.74, 6) is -0.533. The molecule has 0 aromatic heterocycles. The van der Waals surface area contributed by atoms with Crippen LogP contribution in [-0.4, -0.2) is 144 Å². The minimum atomic E-state index is -5.13. The average molecular weight is 785 g/mol. The van der Waals surface area contributed by atoms with Crippen molar-refractivity contribution in [2.24, 2.45) is 5.92 Å². The molecule has 2 rings (SSSR count). The van der Waals surface area contributed by atoms with Gasteiger partial charge in [-0.1, -0.05) is 96.8 Å². The lowest BCUT2D eigenvalue weighted by molar-refractivity contribution is -0.308. The lowest BCUT2D eigenvalue weighted by Crippen LogP contribution is -2.61. The second-order valence-corrected chi connectivity index (χ2v) is 15.4. The molecule has 0 radical (unpaired) electrons. The number of hydrogen-bond donors (Lipinski definition) is 8. The van der Waals surface area contributed by atoms with E-state index in [9.17, 15) is 47.5 Å². The Morgan fingerprint density at radius 1 is 0.549 bits per heavy atom.